The van der Waals surface area contributed by atoms with Gasteiger partial charge in [0.2, 0.25) is 5.88 Å². The molecule has 10 heteroatoms. The molecule has 0 saturated carbocycles. The monoisotopic (exact) mass is 530 g/mol. The van der Waals surface area contributed by atoms with Gasteiger partial charge in [0.05, 0.1) is 41.1 Å². The lowest BCUT2D eigenvalue weighted by Gasteiger charge is -2.12. The van der Waals surface area contributed by atoms with Gasteiger partial charge in [0.15, 0.2) is 11.6 Å². The Balaban J connectivity index is 1.23. The molecule has 3 heterocycles. The number of nitrogens with one attached hydrogen (secondary N) is 1. The number of hydrogen-bond donors (Lipinski definition) is 1. The van der Waals surface area contributed by atoms with Crippen LogP contribution in [0, 0.1) is 12.7 Å². The molecule has 0 unspecified atom stereocenters. The highest BCUT2D eigenvalue weighted by molar-refractivity contribution is 7.22. The molecular formula is C28H23FN4O4S. The predicted molar refractivity (Wildman–Crippen MR) is 142 cm³/mol. The molecule has 1 aliphatic rings. The van der Waals surface area contributed by atoms with Crippen LogP contribution in [0.5, 0.6) is 11.6 Å². The number of ether oxygens (including phenoxy) is 3. The van der Waals surface area contributed by atoms with Crippen LogP contribution in [-0.4, -0.2) is 40.8 Å². The molecule has 3 aromatic carbocycles. The number of carbonyl (C=O) groups excluding carboxylic acids is 1. The number of fused-ring (bicyclic) bond motifs is 4. The zero-order valence-electron chi connectivity index (χ0n) is 20.7. The average Bonchev–Trinajstić information content (AvgIpc) is 3.55. The highest BCUT2D eigenvalue weighted by Gasteiger charge is 2.30. The fourth-order valence-electron chi connectivity index (χ4n) is 4.54. The maximum atomic E-state index is 15.0. The van der Waals surface area contributed by atoms with Crippen LogP contribution in [0.3, 0.4) is 0 Å². The summed E-state index contributed by atoms with van der Waals surface area (Å²) in [5, 5.41) is 3.43. The second kappa shape index (κ2) is 9.86. The third kappa shape index (κ3) is 4.58. The quantitative estimate of drug-likeness (QED) is 0.306. The van der Waals surface area contributed by atoms with Crippen LogP contribution in [-0.2, 0) is 17.8 Å². The largest absolute Gasteiger partial charge is 0.485 e. The summed E-state index contributed by atoms with van der Waals surface area (Å²) in [5.41, 5.74) is 5.41. The van der Waals surface area contributed by atoms with E-state index in [1.165, 1.54) is 17.4 Å². The van der Waals surface area contributed by atoms with Crippen molar-refractivity contribution in [1.82, 2.24) is 20.3 Å². The van der Waals surface area contributed by atoms with Crippen molar-refractivity contribution in [2.24, 2.45) is 0 Å². The van der Waals surface area contributed by atoms with E-state index in [-0.39, 0.29) is 18.9 Å². The van der Waals surface area contributed by atoms with Gasteiger partial charge in [-0.2, -0.15) is 0 Å². The lowest BCUT2D eigenvalue weighted by atomic mass is 10.1. The molecule has 1 aliphatic heterocycles. The number of halogens is 1. The molecule has 0 spiro atoms. The summed E-state index contributed by atoms with van der Waals surface area (Å²) in [5.74, 6) is 0.159. The molecule has 2 aromatic heterocycles. The van der Waals surface area contributed by atoms with Gasteiger partial charge in [-0.25, -0.2) is 24.1 Å². The van der Waals surface area contributed by atoms with Crippen LogP contribution in [0.1, 0.15) is 16.7 Å². The number of thiazole rings is 1. The zero-order valence-corrected chi connectivity index (χ0v) is 21.5. The maximum Gasteiger partial charge on any atom is 0.407 e. The molecule has 0 saturated heterocycles. The van der Waals surface area contributed by atoms with E-state index in [9.17, 15) is 4.79 Å². The molecule has 5 aromatic rings. The number of hydrogen-bond acceptors (Lipinski definition) is 8. The molecule has 1 amide bonds. The first-order chi connectivity index (χ1) is 18.5. The van der Waals surface area contributed by atoms with E-state index in [0.29, 0.717) is 33.9 Å². The van der Waals surface area contributed by atoms with E-state index < -0.39 is 18.0 Å². The molecule has 0 aliphatic carbocycles. The van der Waals surface area contributed by atoms with Crippen molar-refractivity contribution in [1.29, 1.82) is 0 Å². The van der Waals surface area contributed by atoms with Crippen molar-refractivity contribution in [3.05, 3.63) is 77.2 Å². The molecule has 6 rings (SSSR count). The summed E-state index contributed by atoms with van der Waals surface area (Å²) < 4.78 is 32.2. The van der Waals surface area contributed by atoms with Gasteiger partial charge >= 0.3 is 6.09 Å². The summed E-state index contributed by atoms with van der Waals surface area (Å²) in [6, 6.07) is 14.8. The highest BCUT2D eigenvalue weighted by atomic mass is 32.1. The van der Waals surface area contributed by atoms with E-state index in [0.717, 1.165) is 27.0 Å². The predicted octanol–water partition coefficient (Wildman–Crippen LogP) is 5.59. The fourth-order valence-corrected chi connectivity index (χ4v) is 5.65. The number of alkyl carbamates (subject to hydrolysis) is 1. The highest BCUT2D eigenvalue weighted by Crippen LogP contribution is 2.43. The van der Waals surface area contributed by atoms with Crippen molar-refractivity contribution < 1.29 is 23.4 Å². The second-order valence-corrected chi connectivity index (χ2v) is 10.0. The molecule has 1 atom stereocenters. The van der Waals surface area contributed by atoms with Gasteiger partial charge in [0.25, 0.3) is 0 Å². The Kier molecular flexibility index (Phi) is 6.24. The van der Waals surface area contributed by atoms with Gasteiger partial charge in [0, 0.05) is 23.6 Å². The van der Waals surface area contributed by atoms with Crippen LogP contribution in [0.4, 0.5) is 9.18 Å². The Morgan fingerprint density at radius 1 is 1.18 bits per heavy atom. The van der Waals surface area contributed by atoms with Gasteiger partial charge in [-0.05, 0) is 30.2 Å². The van der Waals surface area contributed by atoms with E-state index in [2.05, 4.69) is 15.3 Å². The number of methoxy groups -OCH3 is 1. The molecular weight excluding hydrogens is 507 g/mol. The number of nitrogens with zero attached hydrogens (tertiary/aromatic N) is 3. The summed E-state index contributed by atoms with van der Waals surface area (Å²) >= 11 is 1.46. The number of benzene rings is 3. The minimum absolute atomic E-state index is 0.169. The van der Waals surface area contributed by atoms with Crippen LogP contribution < -0.4 is 14.8 Å². The first-order valence-electron chi connectivity index (χ1n) is 12.0. The number of rotatable bonds is 6. The second-order valence-electron chi connectivity index (χ2n) is 9.01. The summed E-state index contributed by atoms with van der Waals surface area (Å²) in [4.78, 5) is 26.0. The lowest BCUT2D eigenvalue weighted by Crippen LogP contribution is -2.34. The molecule has 8 nitrogen and oxygen atoms in total. The van der Waals surface area contributed by atoms with Crippen molar-refractivity contribution in [3.63, 3.8) is 0 Å². The van der Waals surface area contributed by atoms with Crippen LogP contribution in [0.15, 0.2) is 54.7 Å². The molecule has 192 valence electrons. The summed E-state index contributed by atoms with van der Waals surface area (Å²) in [6.45, 7) is 2.34. The Morgan fingerprint density at radius 2 is 2.03 bits per heavy atom. The van der Waals surface area contributed by atoms with Gasteiger partial charge in [0.1, 0.15) is 17.7 Å². The lowest BCUT2D eigenvalue weighted by molar-refractivity contribution is 0.133. The molecule has 38 heavy (non-hydrogen) atoms. The smallest absolute Gasteiger partial charge is 0.407 e. The first-order valence-corrected chi connectivity index (χ1v) is 12.8. The third-order valence-corrected chi connectivity index (χ3v) is 7.46. The topological polar surface area (TPSA) is 95.5 Å². The van der Waals surface area contributed by atoms with Gasteiger partial charge < -0.3 is 19.5 Å². The number of aryl methyl sites for hydroxylation is 1. The minimum Gasteiger partial charge on any atom is -0.485 e. The summed E-state index contributed by atoms with van der Waals surface area (Å²) in [6.07, 6.45) is 1.04. The van der Waals surface area contributed by atoms with Crippen molar-refractivity contribution in [3.8, 4) is 22.2 Å². The zero-order chi connectivity index (χ0) is 26.2. The van der Waals surface area contributed by atoms with Crippen LogP contribution in [0.25, 0.3) is 31.8 Å². The standard InChI is InChI=1S/C28H23FN4O4S/c1-15-8-18(24-21(9-15)32-23(35-2)13-30-24)27-33-22-11-20(29)25-19(26(22)38-27)10-17(37-25)12-31-28(34)36-14-16-6-4-3-5-7-16/h3-9,11,13,17H,10,12,14H2,1-2H3,(H,31,34)/t17-/m1/s1. The van der Waals surface area contributed by atoms with Crippen molar-refractivity contribution >= 4 is 38.7 Å². The Bertz CT molecular complexity index is 1670. The van der Waals surface area contributed by atoms with E-state index in [1.54, 1.807) is 13.3 Å². The van der Waals surface area contributed by atoms with Crippen LogP contribution in [0.2, 0.25) is 0 Å². The number of carbonyl (C=O) groups is 1. The van der Waals surface area contributed by atoms with Gasteiger partial charge in [-0.15, -0.1) is 11.3 Å². The molecule has 0 radical (unpaired) electrons. The van der Waals surface area contributed by atoms with Crippen LogP contribution >= 0.6 is 11.3 Å². The molecule has 1 N–H and O–H groups in total. The Hall–Kier alpha value is -4.31. The van der Waals surface area contributed by atoms with Gasteiger partial charge in [-0.3, -0.25) is 0 Å². The molecule has 0 bridgehead atoms. The normalized spacial score (nSPS) is 14.3. The van der Waals surface area contributed by atoms with E-state index >= 15 is 4.39 Å². The fraction of sp³-hybridized carbons (Fsp3) is 0.214. The van der Waals surface area contributed by atoms with Crippen molar-refractivity contribution in [2.45, 2.75) is 26.1 Å². The summed E-state index contributed by atoms with van der Waals surface area (Å²) in [7, 11) is 1.55. The van der Waals surface area contributed by atoms with Crippen molar-refractivity contribution in [2.75, 3.05) is 13.7 Å². The third-order valence-electron chi connectivity index (χ3n) is 6.29. The Labute approximate surface area is 221 Å². The molecule has 0 fully saturated rings. The number of aromatic nitrogens is 3. The average molecular weight is 531 g/mol. The van der Waals surface area contributed by atoms with Gasteiger partial charge in [-0.1, -0.05) is 30.3 Å². The number of amides is 1. The minimum atomic E-state index is -0.553. The SMILES string of the molecule is COc1cnc2c(-c3nc4cc(F)c5c(c4s3)C[C@H](CNC(=O)OCc3ccccc3)O5)cc(C)cc2n1. The maximum absolute atomic E-state index is 15.0. The van der Waals surface area contributed by atoms with E-state index in [1.807, 2.05) is 49.4 Å². The van der Waals surface area contributed by atoms with E-state index in [4.69, 9.17) is 19.2 Å². The first kappa shape index (κ1) is 24.1. The Morgan fingerprint density at radius 3 is 2.84 bits per heavy atom.